The van der Waals surface area contributed by atoms with Crippen molar-refractivity contribution in [1.29, 1.82) is 0 Å². The van der Waals surface area contributed by atoms with Gasteiger partial charge >= 0.3 is 5.97 Å². The van der Waals surface area contributed by atoms with Crippen molar-refractivity contribution < 1.29 is 28.5 Å². The Bertz CT molecular complexity index is 799. The van der Waals surface area contributed by atoms with Crippen LogP contribution >= 0.6 is 11.8 Å². The maximum absolute atomic E-state index is 12.3. The van der Waals surface area contributed by atoms with E-state index in [2.05, 4.69) is 5.32 Å². The molecule has 0 unspecified atom stereocenters. The second-order valence-corrected chi connectivity index (χ2v) is 6.09. The average molecular weight is 391 g/mol. The van der Waals surface area contributed by atoms with Crippen LogP contribution in [0.4, 0.5) is 5.69 Å². The van der Waals surface area contributed by atoms with Crippen molar-refractivity contribution in [1.82, 2.24) is 0 Å². The number of benzene rings is 2. The Labute approximate surface area is 161 Å². The first-order chi connectivity index (χ1) is 13.0. The smallest absolute Gasteiger partial charge is 0.338 e. The van der Waals surface area contributed by atoms with E-state index in [0.29, 0.717) is 22.9 Å². The maximum atomic E-state index is 12.3. The summed E-state index contributed by atoms with van der Waals surface area (Å²) in [5.74, 6) is -0.105. The van der Waals surface area contributed by atoms with Gasteiger partial charge in [-0.1, -0.05) is 12.1 Å². The van der Waals surface area contributed by atoms with Crippen molar-refractivity contribution >= 4 is 29.3 Å². The van der Waals surface area contributed by atoms with E-state index in [1.54, 1.807) is 6.07 Å². The summed E-state index contributed by atoms with van der Waals surface area (Å²) in [6.07, 6.45) is 1.91. The molecule has 0 heterocycles. The van der Waals surface area contributed by atoms with Crippen LogP contribution in [0.15, 0.2) is 41.3 Å². The van der Waals surface area contributed by atoms with Crippen molar-refractivity contribution in [3.8, 4) is 17.2 Å². The number of amides is 1. The lowest BCUT2D eigenvalue weighted by Gasteiger charge is -2.14. The lowest BCUT2D eigenvalue weighted by molar-refractivity contribution is -0.119. The molecular formula is C19H21NO6S. The molecule has 0 radical (unpaired) electrons. The molecule has 0 spiro atoms. The summed E-state index contributed by atoms with van der Waals surface area (Å²) in [6.45, 7) is -0.418. The van der Waals surface area contributed by atoms with E-state index in [0.717, 1.165) is 4.90 Å². The van der Waals surface area contributed by atoms with Crippen LogP contribution in [0, 0.1) is 0 Å². The molecule has 2 aromatic carbocycles. The van der Waals surface area contributed by atoms with Gasteiger partial charge in [-0.25, -0.2) is 4.79 Å². The molecule has 27 heavy (non-hydrogen) atoms. The van der Waals surface area contributed by atoms with Gasteiger partial charge in [0.05, 0.1) is 32.6 Å². The molecule has 8 heteroatoms. The van der Waals surface area contributed by atoms with Gasteiger partial charge in [0, 0.05) is 4.90 Å². The zero-order valence-corrected chi connectivity index (χ0v) is 16.3. The Kier molecular flexibility index (Phi) is 7.36. The zero-order valence-electron chi connectivity index (χ0n) is 15.5. The first-order valence-corrected chi connectivity index (χ1v) is 9.16. The first-order valence-electron chi connectivity index (χ1n) is 7.94. The minimum atomic E-state index is -0.678. The predicted octanol–water partition coefficient (Wildman–Crippen LogP) is 3.23. The largest absolute Gasteiger partial charge is 0.493 e. The van der Waals surface area contributed by atoms with E-state index >= 15 is 0 Å². The second kappa shape index (κ2) is 9.72. The number of anilines is 1. The third-order valence-corrected chi connectivity index (χ3v) is 4.41. The fraction of sp³-hybridized carbons (Fsp3) is 0.263. The summed E-state index contributed by atoms with van der Waals surface area (Å²) in [6, 6.07) is 10.3. The number of ether oxygens (including phenoxy) is 4. The molecule has 0 aliphatic heterocycles. The number of carbonyl (C=O) groups excluding carboxylic acids is 2. The Morgan fingerprint density at radius 3 is 2.19 bits per heavy atom. The monoisotopic (exact) mass is 391 g/mol. The zero-order chi connectivity index (χ0) is 19.8. The molecule has 0 fully saturated rings. The number of nitrogens with one attached hydrogen (secondary N) is 1. The lowest BCUT2D eigenvalue weighted by Crippen LogP contribution is -2.21. The maximum Gasteiger partial charge on any atom is 0.338 e. The fourth-order valence-corrected chi connectivity index (χ4v) is 2.90. The van der Waals surface area contributed by atoms with Crippen molar-refractivity contribution in [2.24, 2.45) is 0 Å². The van der Waals surface area contributed by atoms with Gasteiger partial charge in [-0.05, 0) is 30.5 Å². The molecular weight excluding hydrogens is 370 g/mol. The van der Waals surface area contributed by atoms with Crippen LogP contribution < -0.4 is 19.5 Å². The highest BCUT2D eigenvalue weighted by Gasteiger charge is 2.18. The molecule has 1 N–H and O–H groups in total. The number of hydrogen-bond donors (Lipinski definition) is 1. The van der Waals surface area contributed by atoms with Crippen LogP contribution in [0.3, 0.4) is 0 Å². The van der Waals surface area contributed by atoms with Gasteiger partial charge in [0.15, 0.2) is 18.1 Å². The third kappa shape index (κ3) is 5.07. The van der Waals surface area contributed by atoms with Gasteiger partial charge in [-0.2, -0.15) is 0 Å². The number of hydrogen-bond acceptors (Lipinski definition) is 7. The molecule has 0 aliphatic carbocycles. The van der Waals surface area contributed by atoms with E-state index < -0.39 is 18.5 Å². The van der Waals surface area contributed by atoms with Gasteiger partial charge < -0.3 is 24.3 Å². The molecule has 0 atom stereocenters. The number of methoxy groups -OCH3 is 3. The second-order valence-electron chi connectivity index (χ2n) is 5.24. The predicted molar refractivity (Wildman–Crippen MR) is 103 cm³/mol. The number of para-hydroxylation sites is 1. The van der Waals surface area contributed by atoms with E-state index in [4.69, 9.17) is 18.9 Å². The highest BCUT2D eigenvalue weighted by Crippen LogP contribution is 2.38. The SMILES string of the molecule is COc1cc(C(=O)OCC(=O)Nc2ccccc2SC)cc(OC)c1OC. The highest BCUT2D eigenvalue weighted by atomic mass is 32.2. The van der Waals surface area contributed by atoms with Crippen LogP contribution in [0.5, 0.6) is 17.2 Å². The Morgan fingerprint density at radius 2 is 1.63 bits per heavy atom. The van der Waals surface area contributed by atoms with Crippen molar-refractivity contribution in [3.63, 3.8) is 0 Å². The summed E-state index contributed by atoms with van der Waals surface area (Å²) < 4.78 is 20.7. The van der Waals surface area contributed by atoms with Crippen LogP contribution in [0.25, 0.3) is 0 Å². The van der Waals surface area contributed by atoms with Gasteiger partial charge in [0.25, 0.3) is 5.91 Å². The average Bonchev–Trinajstić information content (AvgIpc) is 2.71. The minimum absolute atomic E-state index is 0.182. The van der Waals surface area contributed by atoms with Gasteiger partial charge in [-0.15, -0.1) is 11.8 Å². The Hall–Kier alpha value is -2.87. The molecule has 0 bridgehead atoms. The minimum Gasteiger partial charge on any atom is -0.493 e. The van der Waals surface area contributed by atoms with Gasteiger partial charge in [0.1, 0.15) is 0 Å². The van der Waals surface area contributed by atoms with Crippen molar-refractivity contribution in [2.75, 3.05) is 39.5 Å². The molecule has 2 aromatic rings. The quantitative estimate of drug-likeness (QED) is 0.546. The summed E-state index contributed by atoms with van der Waals surface area (Å²) in [7, 11) is 4.36. The number of carbonyl (C=O) groups is 2. The summed E-state index contributed by atoms with van der Waals surface area (Å²) in [5.41, 5.74) is 0.848. The lowest BCUT2D eigenvalue weighted by atomic mass is 10.2. The van der Waals surface area contributed by atoms with E-state index in [-0.39, 0.29) is 5.56 Å². The van der Waals surface area contributed by atoms with Crippen LogP contribution in [-0.4, -0.2) is 46.1 Å². The summed E-state index contributed by atoms with van der Waals surface area (Å²) >= 11 is 1.51. The van der Waals surface area contributed by atoms with Crippen LogP contribution in [0.2, 0.25) is 0 Å². The molecule has 2 rings (SSSR count). The number of thioether (sulfide) groups is 1. The fourth-order valence-electron chi connectivity index (χ4n) is 2.35. The third-order valence-electron chi connectivity index (χ3n) is 3.62. The Morgan fingerprint density at radius 1 is 1.00 bits per heavy atom. The molecule has 144 valence electrons. The van der Waals surface area contributed by atoms with Crippen molar-refractivity contribution in [3.05, 3.63) is 42.0 Å². The summed E-state index contributed by atoms with van der Waals surface area (Å²) in [5, 5.41) is 2.73. The van der Waals surface area contributed by atoms with E-state index in [1.165, 1.54) is 45.2 Å². The molecule has 0 aliphatic rings. The highest BCUT2D eigenvalue weighted by molar-refractivity contribution is 7.98. The van der Waals surface area contributed by atoms with E-state index in [1.807, 2.05) is 24.5 Å². The molecule has 0 saturated carbocycles. The molecule has 0 aromatic heterocycles. The topological polar surface area (TPSA) is 83.1 Å². The number of esters is 1. The summed E-state index contributed by atoms with van der Waals surface area (Å²) in [4.78, 5) is 25.3. The van der Waals surface area contributed by atoms with Crippen LogP contribution in [0.1, 0.15) is 10.4 Å². The Balaban J connectivity index is 2.06. The van der Waals surface area contributed by atoms with E-state index in [9.17, 15) is 9.59 Å². The first kappa shape index (κ1) is 20.4. The number of rotatable bonds is 8. The standard InChI is InChI=1S/C19H21NO6S/c1-23-14-9-12(10-15(24-2)18(14)25-3)19(22)26-11-17(21)20-13-7-5-6-8-16(13)27-4/h5-10H,11H2,1-4H3,(H,20,21). The molecule has 7 nitrogen and oxygen atoms in total. The molecule has 1 amide bonds. The van der Waals surface area contributed by atoms with Gasteiger partial charge in [-0.3, -0.25) is 4.79 Å². The normalized spacial score (nSPS) is 10.1. The van der Waals surface area contributed by atoms with Crippen LogP contribution in [-0.2, 0) is 9.53 Å². The molecule has 0 saturated heterocycles. The van der Waals surface area contributed by atoms with Crippen molar-refractivity contribution in [2.45, 2.75) is 4.90 Å². The van der Waals surface area contributed by atoms with Gasteiger partial charge in [0.2, 0.25) is 5.75 Å².